The maximum absolute atomic E-state index is 5.63. The SMILES string of the molecule is Nc1nc(CCNC2C3C4CCC(C4)C23)cs1. The van der Waals surface area contributed by atoms with E-state index in [9.17, 15) is 0 Å². The second-order valence-electron chi connectivity index (χ2n) is 5.89. The standard InChI is InChI=1S/C13H19N3S/c14-13-16-9(6-17-13)3-4-15-12-10-7-1-2-8(5-7)11(10)12/h6-8,10-12,15H,1-5H2,(H2,14,16). The van der Waals surface area contributed by atoms with E-state index in [-0.39, 0.29) is 0 Å². The molecule has 3 fully saturated rings. The van der Waals surface area contributed by atoms with Crippen molar-refractivity contribution in [2.75, 3.05) is 12.3 Å². The van der Waals surface area contributed by atoms with Crippen molar-refractivity contribution in [2.24, 2.45) is 23.7 Å². The highest BCUT2D eigenvalue weighted by Gasteiger charge is 2.64. The molecule has 17 heavy (non-hydrogen) atoms. The van der Waals surface area contributed by atoms with Gasteiger partial charge in [0.1, 0.15) is 0 Å². The lowest BCUT2D eigenvalue weighted by molar-refractivity contribution is 0.456. The zero-order valence-electron chi connectivity index (χ0n) is 9.93. The van der Waals surface area contributed by atoms with E-state index in [1.54, 1.807) is 11.3 Å². The number of aromatic nitrogens is 1. The van der Waals surface area contributed by atoms with Crippen LogP contribution in [0.4, 0.5) is 5.13 Å². The summed E-state index contributed by atoms with van der Waals surface area (Å²) in [4.78, 5) is 4.30. The average molecular weight is 249 g/mol. The Hall–Kier alpha value is -0.610. The van der Waals surface area contributed by atoms with Crippen molar-refractivity contribution in [1.82, 2.24) is 10.3 Å². The molecule has 1 aromatic heterocycles. The normalized spacial score (nSPS) is 41.8. The van der Waals surface area contributed by atoms with Crippen LogP contribution < -0.4 is 11.1 Å². The Bertz CT molecular complexity index is 414. The Labute approximate surface area is 106 Å². The second-order valence-corrected chi connectivity index (χ2v) is 6.78. The smallest absolute Gasteiger partial charge is 0.180 e. The van der Waals surface area contributed by atoms with Crippen LogP contribution in [0.2, 0.25) is 0 Å². The number of hydrogen-bond acceptors (Lipinski definition) is 4. The summed E-state index contributed by atoms with van der Waals surface area (Å²) in [6, 6.07) is 0.845. The van der Waals surface area contributed by atoms with E-state index in [1.807, 2.05) is 0 Å². The molecule has 1 aromatic rings. The molecule has 4 heteroatoms. The molecule has 0 spiro atoms. The van der Waals surface area contributed by atoms with E-state index < -0.39 is 0 Å². The van der Waals surface area contributed by atoms with E-state index >= 15 is 0 Å². The molecule has 4 unspecified atom stereocenters. The van der Waals surface area contributed by atoms with Gasteiger partial charge in [-0.15, -0.1) is 11.3 Å². The van der Waals surface area contributed by atoms with Gasteiger partial charge < -0.3 is 11.1 Å². The Morgan fingerprint density at radius 1 is 1.35 bits per heavy atom. The van der Waals surface area contributed by atoms with Gasteiger partial charge in [-0.05, 0) is 42.9 Å². The summed E-state index contributed by atoms with van der Waals surface area (Å²) in [5.41, 5.74) is 6.78. The van der Waals surface area contributed by atoms with Crippen molar-refractivity contribution in [3.05, 3.63) is 11.1 Å². The van der Waals surface area contributed by atoms with E-state index in [2.05, 4.69) is 15.7 Å². The minimum Gasteiger partial charge on any atom is -0.375 e. The van der Waals surface area contributed by atoms with Crippen LogP contribution >= 0.6 is 11.3 Å². The lowest BCUT2D eigenvalue weighted by Gasteiger charge is -2.09. The Morgan fingerprint density at radius 2 is 2.12 bits per heavy atom. The summed E-state index contributed by atoms with van der Waals surface area (Å²) in [7, 11) is 0. The fraction of sp³-hybridized carbons (Fsp3) is 0.769. The Kier molecular flexibility index (Phi) is 2.24. The number of rotatable bonds is 4. The average Bonchev–Trinajstić information content (AvgIpc) is 2.73. The summed E-state index contributed by atoms with van der Waals surface area (Å²) in [6.07, 6.45) is 5.58. The molecule has 3 aliphatic rings. The van der Waals surface area contributed by atoms with E-state index in [1.165, 1.54) is 19.3 Å². The lowest BCUT2D eigenvalue weighted by Crippen LogP contribution is -2.25. The van der Waals surface area contributed by atoms with Crippen molar-refractivity contribution in [3.63, 3.8) is 0 Å². The Balaban J connectivity index is 1.28. The van der Waals surface area contributed by atoms with Gasteiger partial charge in [-0.2, -0.15) is 0 Å². The van der Waals surface area contributed by atoms with Crippen LogP contribution in [0.5, 0.6) is 0 Å². The van der Waals surface area contributed by atoms with Gasteiger partial charge in [-0.1, -0.05) is 0 Å². The third kappa shape index (κ3) is 1.61. The first-order valence-corrected chi connectivity index (χ1v) is 7.64. The number of thiazole rings is 1. The number of nitrogens with two attached hydrogens (primary N) is 1. The maximum atomic E-state index is 5.63. The summed E-state index contributed by atoms with van der Waals surface area (Å²) in [5, 5.41) is 6.51. The molecular formula is C13H19N3S. The zero-order chi connectivity index (χ0) is 11.4. The lowest BCUT2D eigenvalue weighted by atomic mass is 10.0. The number of nitrogens with zero attached hydrogens (tertiary/aromatic N) is 1. The molecule has 3 N–H and O–H groups in total. The fourth-order valence-electron chi connectivity index (χ4n) is 4.40. The van der Waals surface area contributed by atoms with Crippen molar-refractivity contribution < 1.29 is 0 Å². The summed E-state index contributed by atoms with van der Waals surface area (Å²) < 4.78 is 0. The number of hydrogen-bond donors (Lipinski definition) is 2. The van der Waals surface area contributed by atoms with Crippen LogP contribution in [0.3, 0.4) is 0 Å². The van der Waals surface area contributed by atoms with Gasteiger partial charge in [0.05, 0.1) is 5.69 Å². The number of nitrogen functional groups attached to an aromatic ring is 1. The molecule has 0 aliphatic heterocycles. The number of fused-ring (bicyclic) bond motifs is 5. The molecular weight excluding hydrogens is 230 g/mol. The molecule has 0 saturated heterocycles. The zero-order valence-corrected chi connectivity index (χ0v) is 10.7. The van der Waals surface area contributed by atoms with Crippen LogP contribution in [0.1, 0.15) is 25.0 Å². The number of nitrogens with one attached hydrogen (secondary N) is 1. The first-order chi connectivity index (χ1) is 8.33. The Morgan fingerprint density at radius 3 is 2.76 bits per heavy atom. The monoisotopic (exact) mass is 249 g/mol. The van der Waals surface area contributed by atoms with Crippen molar-refractivity contribution in [3.8, 4) is 0 Å². The predicted octanol–water partition coefficient (Wildman–Crippen LogP) is 1.90. The molecule has 0 radical (unpaired) electrons. The fourth-order valence-corrected chi connectivity index (χ4v) is 5.00. The highest BCUT2D eigenvalue weighted by atomic mass is 32.1. The molecule has 0 amide bonds. The minimum absolute atomic E-state index is 0.696. The van der Waals surface area contributed by atoms with Crippen LogP contribution in [0.25, 0.3) is 0 Å². The molecule has 4 rings (SSSR count). The molecule has 3 saturated carbocycles. The van der Waals surface area contributed by atoms with Gasteiger partial charge >= 0.3 is 0 Å². The van der Waals surface area contributed by atoms with Gasteiger partial charge in [-0.25, -0.2) is 4.98 Å². The molecule has 92 valence electrons. The van der Waals surface area contributed by atoms with E-state index in [0.29, 0.717) is 5.13 Å². The first-order valence-electron chi connectivity index (χ1n) is 6.76. The maximum Gasteiger partial charge on any atom is 0.180 e. The van der Waals surface area contributed by atoms with Crippen LogP contribution in [-0.2, 0) is 6.42 Å². The highest BCUT2D eigenvalue weighted by molar-refractivity contribution is 7.13. The van der Waals surface area contributed by atoms with Crippen molar-refractivity contribution >= 4 is 16.5 Å². The third-order valence-electron chi connectivity index (χ3n) is 5.07. The van der Waals surface area contributed by atoms with E-state index in [4.69, 9.17) is 5.73 Å². The van der Waals surface area contributed by atoms with Crippen LogP contribution in [-0.4, -0.2) is 17.6 Å². The molecule has 3 aliphatic carbocycles. The first kappa shape index (κ1) is 10.3. The molecule has 2 bridgehead atoms. The predicted molar refractivity (Wildman–Crippen MR) is 69.8 cm³/mol. The van der Waals surface area contributed by atoms with Crippen molar-refractivity contribution in [1.29, 1.82) is 0 Å². The van der Waals surface area contributed by atoms with Crippen LogP contribution in [0, 0.1) is 23.7 Å². The third-order valence-corrected chi connectivity index (χ3v) is 5.79. The molecule has 4 atom stereocenters. The topological polar surface area (TPSA) is 50.9 Å². The van der Waals surface area contributed by atoms with Gasteiger partial charge in [0.25, 0.3) is 0 Å². The molecule has 3 nitrogen and oxygen atoms in total. The van der Waals surface area contributed by atoms with Crippen LogP contribution in [0.15, 0.2) is 5.38 Å². The number of anilines is 1. The second kappa shape index (κ2) is 3.69. The van der Waals surface area contributed by atoms with Gasteiger partial charge in [-0.3, -0.25) is 0 Å². The highest BCUT2D eigenvalue weighted by Crippen LogP contribution is 2.65. The van der Waals surface area contributed by atoms with Crippen molar-refractivity contribution in [2.45, 2.75) is 31.7 Å². The van der Waals surface area contributed by atoms with Gasteiger partial charge in [0.2, 0.25) is 0 Å². The largest absolute Gasteiger partial charge is 0.375 e. The summed E-state index contributed by atoms with van der Waals surface area (Å²) >= 11 is 1.55. The molecule has 0 aromatic carbocycles. The van der Waals surface area contributed by atoms with Gasteiger partial charge in [0, 0.05) is 24.4 Å². The quantitative estimate of drug-likeness (QED) is 0.857. The minimum atomic E-state index is 0.696. The summed E-state index contributed by atoms with van der Waals surface area (Å²) in [5.74, 6) is 4.21. The molecule has 1 heterocycles. The van der Waals surface area contributed by atoms with Gasteiger partial charge in [0.15, 0.2) is 5.13 Å². The van der Waals surface area contributed by atoms with E-state index in [0.717, 1.165) is 48.4 Å². The summed E-state index contributed by atoms with van der Waals surface area (Å²) in [6.45, 7) is 1.07.